The molecule has 7 nitrogen and oxygen atoms in total. The number of nitrogens with zero attached hydrogens (tertiary/aromatic N) is 1. The number of nitrogens with two attached hydrogens (primary N) is 1. The van der Waals surface area contributed by atoms with Crippen LogP contribution in [0.4, 0.5) is 5.69 Å². The second-order valence-electron chi connectivity index (χ2n) is 4.23. The molecule has 0 spiro atoms. The van der Waals surface area contributed by atoms with E-state index in [2.05, 4.69) is 5.32 Å². The molecule has 1 atom stereocenters. The average molecular weight is 254 g/mol. The Hall–Kier alpha value is -2.05. The van der Waals surface area contributed by atoms with Gasteiger partial charge in [0.1, 0.15) is 12.2 Å². The van der Waals surface area contributed by atoms with Crippen LogP contribution >= 0.6 is 0 Å². The predicted octanol–water partition coefficient (Wildman–Crippen LogP) is -0.576. The van der Waals surface area contributed by atoms with Crippen LogP contribution in [0.15, 0.2) is 15.8 Å². The first-order valence-electron chi connectivity index (χ1n) is 5.82. The maximum Gasteiger partial charge on any atom is 0.328 e. The van der Waals surface area contributed by atoms with Crippen LogP contribution in [0.2, 0.25) is 0 Å². The molecule has 1 heterocycles. The molecule has 0 saturated carbocycles. The Bertz CT molecular complexity index is 532. The summed E-state index contributed by atoms with van der Waals surface area (Å²) in [6.45, 7) is 3.76. The molecule has 0 aliphatic rings. The van der Waals surface area contributed by atoms with Crippen molar-refractivity contribution < 1.29 is 4.79 Å². The predicted molar refractivity (Wildman–Crippen MR) is 68.2 cm³/mol. The second-order valence-corrected chi connectivity index (χ2v) is 4.23. The van der Waals surface area contributed by atoms with E-state index in [1.165, 1.54) is 6.20 Å². The van der Waals surface area contributed by atoms with E-state index in [1.54, 1.807) is 0 Å². The standard InChI is InChI=1S/C11H18N4O3/c1-3-4-7(2)13-9(16)6-15-5-8(12)10(17)14-11(15)18/h5,7H,3-4,6,12H2,1-2H3,(H,13,16)(H,14,17,18). The number of amides is 1. The molecule has 7 heteroatoms. The molecule has 4 N–H and O–H groups in total. The van der Waals surface area contributed by atoms with Crippen molar-refractivity contribution >= 4 is 11.6 Å². The van der Waals surface area contributed by atoms with Crippen molar-refractivity contribution in [1.29, 1.82) is 0 Å². The summed E-state index contributed by atoms with van der Waals surface area (Å²) in [4.78, 5) is 36.1. The number of carbonyl (C=O) groups is 1. The molecule has 1 unspecified atom stereocenters. The van der Waals surface area contributed by atoms with Gasteiger partial charge in [-0.3, -0.25) is 19.1 Å². The zero-order valence-electron chi connectivity index (χ0n) is 10.5. The van der Waals surface area contributed by atoms with Gasteiger partial charge in [-0.2, -0.15) is 0 Å². The molecule has 0 fully saturated rings. The normalized spacial score (nSPS) is 12.1. The van der Waals surface area contributed by atoms with Crippen molar-refractivity contribution in [1.82, 2.24) is 14.9 Å². The molecule has 18 heavy (non-hydrogen) atoms. The number of nitrogen functional groups attached to an aromatic ring is 1. The number of rotatable bonds is 5. The van der Waals surface area contributed by atoms with Crippen molar-refractivity contribution in [3.63, 3.8) is 0 Å². The Morgan fingerprint density at radius 2 is 2.22 bits per heavy atom. The van der Waals surface area contributed by atoms with Gasteiger partial charge in [0.2, 0.25) is 5.91 Å². The van der Waals surface area contributed by atoms with Gasteiger partial charge in [0.15, 0.2) is 0 Å². The molecule has 1 aromatic heterocycles. The molecule has 0 aromatic carbocycles. The van der Waals surface area contributed by atoms with E-state index in [9.17, 15) is 14.4 Å². The van der Waals surface area contributed by atoms with Gasteiger partial charge < -0.3 is 11.1 Å². The summed E-state index contributed by atoms with van der Waals surface area (Å²) in [6.07, 6.45) is 3.01. The summed E-state index contributed by atoms with van der Waals surface area (Å²) in [5.74, 6) is -0.288. The topological polar surface area (TPSA) is 110 Å². The maximum atomic E-state index is 11.6. The number of aromatic amines is 1. The number of hydrogen-bond acceptors (Lipinski definition) is 4. The van der Waals surface area contributed by atoms with E-state index in [0.717, 1.165) is 17.4 Å². The number of carbonyl (C=O) groups excluding carboxylic acids is 1. The molecular weight excluding hydrogens is 236 g/mol. The van der Waals surface area contributed by atoms with Crippen LogP contribution in [0.25, 0.3) is 0 Å². The van der Waals surface area contributed by atoms with Crippen LogP contribution in [0.5, 0.6) is 0 Å². The molecule has 0 bridgehead atoms. The number of aromatic nitrogens is 2. The lowest BCUT2D eigenvalue weighted by atomic mass is 10.2. The van der Waals surface area contributed by atoms with Crippen molar-refractivity contribution in [2.45, 2.75) is 39.3 Å². The number of nitrogens with one attached hydrogen (secondary N) is 2. The fourth-order valence-corrected chi connectivity index (χ4v) is 1.62. The highest BCUT2D eigenvalue weighted by Crippen LogP contribution is 1.95. The van der Waals surface area contributed by atoms with Crippen molar-refractivity contribution in [2.75, 3.05) is 5.73 Å². The minimum atomic E-state index is -0.646. The lowest BCUT2D eigenvalue weighted by Crippen LogP contribution is -2.39. The SMILES string of the molecule is CCCC(C)NC(=O)Cn1cc(N)c(=O)[nH]c1=O. The highest BCUT2D eigenvalue weighted by Gasteiger charge is 2.09. The third-order valence-corrected chi connectivity index (χ3v) is 2.48. The molecule has 100 valence electrons. The number of hydrogen-bond donors (Lipinski definition) is 3. The van der Waals surface area contributed by atoms with Gasteiger partial charge in [-0.05, 0) is 13.3 Å². The summed E-state index contributed by atoms with van der Waals surface area (Å²) in [6, 6.07) is 0.0540. The first kappa shape index (κ1) is 14.0. The Morgan fingerprint density at radius 1 is 1.56 bits per heavy atom. The van der Waals surface area contributed by atoms with Crippen LogP contribution < -0.4 is 22.3 Å². The van der Waals surface area contributed by atoms with Gasteiger partial charge in [0.25, 0.3) is 5.56 Å². The molecule has 0 radical (unpaired) electrons. The van der Waals surface area contributed by atoms with Gasteiger partial charge in [0, 0.05) is 12.2 Å². The first-order valence-corrected chi connectivity index (χ1v) is 5.82. The van der Waals surface area contributed by atoms with Gasteiger partial charge >= 0.3 is 5.69 Å². The molecule has 0 saturated heterocycles. The fourth-order valence-electron chi connectivity index (χ4n) is 1.62. The summed E-state index contributed by atoms with van der Waals surface area (Å²) in [7, 11) is 0. The Morgan fingerprint density at radius 3 is 2.83 bits per heavy atom. The van der Waals surface area contributed by atoms with E-state index < -0.39 is 11.2 Å². The highest BCUT2D eigenvalue weighted by molar-refractivity contribution is 5.76. The minimum Gasteiger partial charge on any atom is -0.393 e. The van der Waals surface area contributed by atoms with E-state index in [0.29, 0.717) is 0 Å². The van der Waals surface area contributed by atoms with Crippen molar-refractivity contribution in [3.05, 3.63) is 27.0 Å². The summed E-state index contributed by atoms with van der Waals surface area (Å²) < 4.78 is 1.07. The van der Waals surface area contributed by atoms with E-state index in [1.807, 2.05) is 18.8 Å². The van der Waals surface area contributed by atoms with Crippen molar-refractivity contribution in [2.24, 2.45) is 0 Å². The molecule has 0 aliphatic carbocycles. The lowest BCUT2D eigenvalue weighted by molar-refractivity contribution is -0.122. The van der Waals surface area contributed by atoms with Gasteiger partial charge in [0.05, 0.1) is 0 Å². The van der Waals surface area contributed by atoms with E-state index >= 15 is 0 Å². The molecule has 1 amide bonds. The summed E-state index contributed by atoms with van der Waals surface area (Å²) in [5.41, 5.74) is 4.00. The quantitative estimate of drug-likeness (QED) is 0.653. The number of H-pyrrole nitrogens is 1. The maximum absolute atomic E-state index is 11.6. The zero-order chi connectivity index (χ0) is 13.7. The van der Waals surface area contributed by atoms with Crippen LogP contribution in [-0.2, 0) is 11.3 Å². The lowest BCUT2D eigenvalue weighted by Gasteiger charge is -2.13. The van der Waals surface area contributed by atoms with Crippen LogP contribution in [0.1, 0.15) is 26.7 Å². The average Bonchev–Trinajstić information content (AvgIpc) is 2.26. The van der Waals surface area contributed by atoms with Crippen LogP contribution in [-0.4, -0.2) is 21.5 Å². The fraction of sp³-hybridized carbons (Fsp3) is 0.545. The molecule has 0 aliphatic heterocycles. The Balaban J connectivity index is 2.74. The molecule has 1 aromatic rings. The minimum absolute atomic E-state index is 0.0540. The summed E-state index contributed by atoms with van der Waals surface area (Å²) >= 11 is 0. The van der Waals surface area contributed by atoms with E-state index in [4.69, 9.17) is 5.73 Å². The molecule has 1 rings (SSSR count). The third kappa shape index (κ3) is 3.76. The second kappa shape index (κ2) is 6.04. The third-order valence-electron chi connectivity index (χ3n) is 2.48. The first-order chi connectivity index (χ1) is 8.43. The van der Waals surface area contributed by atoms with Crippen LogP contribution in [0.3, 0.4) is 0 Å². The molecular formula is C11H18N4O3. The zero-order valence-corrected chi connectivity index (χ0v) is 10.5. The Labute approximate surface area is 104 Å². The smallest absolute Gasteiger partial charge is 0.328 e. The van der Waals surface area contributed by atoms with Gasteiger partial charge in [-0.25, -0.2) is 4.79 Å². The number of anilines is 1. The van der Waals surface area contributed by atoms with Gasteiger partial charge in [-0.1, -0.05) is 13.3 Å². The van der Waals surface area contributed by atoms with Crippen LogP contribution in [0, 0.1) is 0 Å². The summed E-state index contributed by atoms with van der Waals surface area (Å²) in [5, 5.41) is 2.76. The van der Waals surface area contributed by atoms with E-state index in [-0.39, 0.29) is 24.2 Å². The highest BCUT2D eigenvalue weighted by atomic mass is 16.2. The van der Waals surface area contributed by atoms with Gasteiger partial charge in [-0.15, -0.1) is 0 Å². The largest absolute Gasteiger partial charge is 0.393 e. The monoisotopic (exact) mass is 254 g/mol. The Kier molecular flexibility index (Phi) is 4.70. The van der Waals surface area contributed by atoms with Crippen molar-refractivity contribution in [3.8, 4) is 0 Å².